The van der Waals surface area contributed by atoms with Gasteiger partial charge in [0, 0.05) is 50.2 Å². The molecule has 3 rings (SSSR count). The number of likely N-dealkylation sites (tertiary alicyclic amines) is 1. The summed E-state index contributed by atoms with van der Waals surface area (Å²) in [7, 11) is 4.04. The molecule has 0 unspecified atom stereocenters. The first-order valence-electron chi connectivity index (χ1n) is 10.7. The van der Waals surface area contributed by atoms with E-state index in [0.29, 0.717) is 31.1 Å². The summed E-state index contributed by atoms with van der Waals surface area (Å²) in [6.07, 6.45) is 3.83. The third-order valence-corrected chi connectivity index (χ3v) is 5.70. The Morgan fingerprint density at radius 2 is 2.00 bits per heavy atom. The minimum Gasteiger partial charge on any atom is -0.337 e. The summed E-state index contributed by atoms with van der Waals surface area (Å²) in [6.45, 7) is 6.61. The van der Waals surface area contributed by atoms with Gasteiger partial charge in [-0.25, -0.2) is 4.39 Å². The fourth-order valence-electron chi connectivity index (χ4n) is 4.00. The molecule has 0 bridgehead atoms. The van der Waals surface area contributed by atoms with Crippen LogP contribution in [0.4, 0.5) is 4.39 Å². The Kier molecular flexibility index (Phi) is 7.94. The van der Waals surface area contributed by atoms with Crippen LogP contribution in [0.2, 0.25) is 0 Å². The van der Waals surface area contributed by atoms with Crippen LogP contribution in [0.5, 0.6) is 0 Å². The Morgan fingerprint density at radius 3 is 2.70 bits per heavy atom. The van der Waals surface area contributed by atoms with Crippen molar-refractivity contribution in [2.75, 3.05) is 46.8 Å². The van der Waals surface area contributed by atoms with Crippen LogP contribution in [0.15, 0.2) is 42.6 Å². The van der Waals surface area contributed by atoms with Gasteiger partial charge in [0.2, 0.25) is 0 Å². The molecule has 5 nitrogen and oxygen atoms in total. The Bertz CT molecular complexity index is 824. The van der Waals surface area contributed by atoms with E-state index in [1.165, 1.54) is 6.07 Å². The third-order valence-electron chi connectivity index (χ3n) is 5.70. The number of hydrogen-bond donors (Lipinski definition) is 0. The minimum absolute atomic E-state index is 0.0376. The molecule has 162 valence electrons. The SMILES string of the molecule is Cc1ccc(C(=O)N(CCN(C)C)C[C@@H]2CCCN(Cc3ccccc3F)C2)cn1. The lowest BCUT2D eigenvalue weighted by Gasteiger charge is -2.36. The average Bonchev–Trinajstić information content (AvgIpc) is 2.73. The zero-order valence-electron chi connectivity index (χ0n) is 18.4. The van der Waals surface area contributed by atoms with Crippen LogP contribution in [-0.2, 0) is 6.54 Å². The molecule has 1 fully saturated rings. The predicted molar refractivity (Wildman–Crippen MR) is 118 cm³/mol. The van der Waals surface area contributed by atoms with Crippen molar-refractivity contribution in [3.8, 4) is 0 Å². The molecule has 1 amide bonds. The molecular weight excluding hydrogens is 379 g/mol. The van der Waals surface area contributed by atoms with Crippen LogP contribution in [0.3, 0.4) is 0 Å². The highest BCUT2D eigenvalue weighted by Gasteiger charge is 2.25. The van der Waals surface area contributed by atoms with Crippen LogP contribution in [-0.4, -0.2) is 72.4 Å². The summed E-state index contributed by atoms with van der Waals surface area (Å²) in [5, 5.41) is 0. The van der Waals surface area contributed by atoms with Crippen LogP contribution >= 0.6 is 0 Å². The molecule has 1 atom stereocenters. The zero-order valence-corrected chi connectivity index (χ0v) is 18.4. The van der Waals surface area contributed by atoms with E-state index in [1.54, 1.807) is 12.3 Å². The van der Waals surface area contributed by atoms with Gasteiger partial charge in [-0.05, 0) is 64.5 Å². The second kappa shape index (κ2) is 10.6. The van der Waals surface area contributed by atoms with Crippen molar-refractivity contribution in [1.82, 2.24) is 19.7 Å². The van der Waals surface area contributed by atoms with Gasteiger partial charge in [0.25, 0.3) is 5.91 Å². The first-order chi connectivity index (χ1) is 14.4. The average molecular weight is 413 g/mol. The quantitative estimate of drug-likeness (QED) is 0.666. The van der Waals surface area contributed by atoms with Gasteiger partial charge in [-0.15, -0.1) is 0 Å². The molecule has 2 aromatic rings. The molecule has 0 spiro atoms. The highest BCUT2D eigenvalue weighted by molar-refractivity contribution is 5.93. The number of halogens is 1. The minimum atomic E-state index is -0.144. The van der Waals surface area contributed by atoms with Gasteiger partial charge in [-0.1, -0.05) is 18.2 Å². The van der Waals surface area contributed by atoms with Gasteiger partial charge in [0.1, 0.15) is 5.82 Å². The molecule has 1 aliphatic rings. The topological polar surface area (TPSA) is 39.7 Å². The second-order valence-corrected chi connectivity index (χ2v) is 8.58. The van der Waals surface area contributed by atoms with E-state index in [4.69, 9.17) is 0 Å². The molecule has 0 radical (unpaired) electrons. The van der Waals surface area contributed by atoms with Gasteiger partial charge in [-0.3, -0.25) is 14.7 Å². The fraction of sp³-hybridized carbons (Fsp3) is 0.500. The summed E-state index contributed by atoms with van der Waals surface area (Å²) in [6, 6.07) is 10.7. The van der Waals surface area contributed by atoms with Gasteiger partial charge in [0.15, 0.2) is 0 Å². The normalized spacial score (nSPS) is 17.3. The van der Waals surface area contributed by atoms with Crippen molar-refractivity contribution in [1.29, 1.82) is 0 Å². The number of nitrogens with zero attached hydrogens (tertiary/aromatic N) is 4. The second-order valence-electron chi connectivity index (χ2n) is 8.58. The monoisotopic (exact) mass is 412 g/mol. The Labute approximate surface area is 179 Å². The number of aromatic nitrogens is 1. The third kappa shape index (κ3) is 6.34. The number of carbonyl (C=O) groups excluding carboxylic acids is 1. The Hall–Kier alpha value is -2.31. The first-order valence-corrected chi connectivity index (χ1v) is 10.7. The summed E-state index contributed by atoms with van der Waals surface area (Å²) < 4.78 is 14.1. The van der Waals surface area contributed by atoms with Crippen molar-refractivity contribution in [2.45, 2.75) is 26.3 Å². The number of carbonyl (C=O) groups is 1. The number of aryl methyl sites for hydroxylation is 1. The van der Waals surface area contributed by atoms with E-state index >= 15 is 0 Å². The zero-order chi connectivity index (χ0) is 21.5. The number of hydrogen-bond acceptors (Lipinski definition) is 4. The molecular formula is C24H33FN4O. The van der Waals surface area contributed by atoms with E-state index in [9.17, 15) is 9.18 Å². The predicted octanol–water partition coefficient (Wildman–Crippen LogP) is 3.45. The van der Waals surface area contributed by atoms with E-state index in [2.05, 4.69) is 14.8 Å². The lowest BCUT2D eigenvalue weighted by atomic mass is 9.96. The maximum Gasteiger partial charge on any atom is 0.255 e. The molecule has 6 heteroatoms. The standard InChI is InChI=1S/C24H33FN4O/c1-19-10-11-21(15-26-19)24(30)29(14-13-27(2)3)17-20-7-6-12-28(16-20)18-22-8-4-5-9-23(22)25/h4-5,8-11,15,20H,6-7,12-14,16-18H2,1-3H3/t20-/m1/s1. The summed E-state index contributed by atoms with van der Waals surface area (Å²) in [4.78, 5) is 23.8. The molecule has 0 saturated carbocycles. The number of benzene rings is 1. The summed E-state index contributed by atoms with van der Waals surface area (Å²) in [5.41, 5.74) is 2.28. The molecule has 0 N–H and O–H groups in total. The molecule has 30 heavy (non-hydrogen) atoms. The van der Waals surface area contributed by atoms with E-state index in [0.717, 1.165) is 43.7 Å². The van der Waals surface area contributed by atoms with E-state index in [-0.39, 0.29) is 11.7 Å². The van der Waals surface area contributed by atoms with Gasteiger partial charge >= 0.3 is 0 Å². The van der Waals surface area contributed by atoms with E-state index < -0.39 is 0 Å². The van der Waals surface area contributed by atoms with E-state index in [1.807, 2.05) is 50.2 Å². The number of rotatable bonds is 8. The molecule has 1 aliphatic heterocycles. The number of pyridine rings is 1. The van der Waals surface area contributed by atoms with Crippen LogP contribution in [0.1, 0.15) is 34.5 Å². The largest absolute Gasteiger partial charge is 0.337 e. The van der Waals surface area contributed by atoms with Crippen LogP contribution < -0.4 is 0 Å². The van der Waals surface area contributed by atoms with Crippen molar-refractivity contribution >= 4 is 5.91 Å². The van der Waals surface area contributed by atoms with Crippen molar-refractivity contribution in [2.24, 2.45) is 5.92 Å². The van der Waals surface area contributed by atoms with Crippen molar-refractivity contribution in [3.63, 3.8) is 0 Å². The van der Waals surface area contributed by atoms with Crippen molar-refractivity contribution in [3.05, 3.63) is 65.2 Å². The number of piperidine rings is 1. The smallest absolute Gasteiger partial charge is 0.255 e. The Morgan fingerprint density at radius 1 is 1.20 bits per heavy atom. The number of likely N-dealkylation sites (N-methyl/N-ethyl adjacent to an activating group) is 1. The molecule has 2 heterocycles. The lowest BCUT2D eigenvalue weighted by molar-refractivity contribution is 0.0659. The molecule has 1 aromatic heterocycles. The maximum absolute atomic E-state index is 14.1. The molecule has 1 aromatic carbocycles. The van der Waals surface area contributed by atoms with Gasteiger partial charge in [0.05, 0.1) is 5.56 Å². The van der Waals surface area contributed by atoms with Crippen LogP contribution in [0.25, 0.3) is 0 Å². The molecule has 1 saturated heterocycles. The Balaban J connectivity index is 1.66. The van der Waals surface area contributed by atoms with Gasteiger partial charge < -0.3 is 9.80 Å². The van der Waals surface area contributed by atoms with Gasteiger partial charge in [-0.2, -0.15) is 0 Å². The highest BCUT2D eigenvalue weighted by Crippen LogP contribution is 2.21. The summed E-state index contributed by atoms with van der Waals surface area (Å²) in [5.74, 6) is 0.278. The molecule has 0 aliphatic carbocycles. The fourth-order valence-corrected chi connectivity index (χ4v) is 4.00. The van der Waals surface area contributed by atoms with Crippen LogP contribution in [0, 0.1) is 18.7 Å². The maximum atomic E-state index is 14.1. The highest BCUT2D eigenvalue weighted by atomic mass is 19.1. The van der Waals surface area contributed by atoms with Crippen molar-refractivity contribution < 1.29 is 9.18 Å². The lowest BCUT2D eigenvalue weighted by Crippen LogP contribution is -2.44. The summed E-state index contributed by atoms with van der Waals surface area (Å²) >= 11 is 0. The number of amides is 1. The first kappa shape index (κ1) is 22.4.